The summed E-state index contributed by atoms with van der Waals surface area (Å²) in [6, 6.07) is 9.70. The molecule has 136 valence electrons. The molecule has 1 N–H and O–H groups in total. The van der Waals surface area contributed by atoms with Gasteiger partial charge in [0.1, 0.15) is 5.60 Å². The zero-order valence-electron chi connectivity index (χ0n) is 14.7. The third-order valence-electron chi connectivity index (χ3n) is 5.54. The Kier molecular flexibility index (Phi) is 4.49. The van der Waals surface area contributed by atoms with E-state index in [1.54, 1.807) is 10.9 Å². The van der Waals surface area contributed by atoms with E-state index in [1.165, 1.54) is 0 Å². The van der Waals surface area contributed by atoms with Crippen molar-refractivity contribution in [1.29, 1.82) is 0 Å². The minimum atomic E-state index is -0.582. The summed E-state index contributed by atoms with van der Waals surface area (Å²) < 4.78 is 7.43. The number of para-hydroxylation sites is 1. The molecule has 1 spiro atoms. The topological polar surface area (TPSA) is 73.2 Å². The molecule has 26 heavy (non-hydrogen) atoms. The SMILES string of the molecule is O=C1CC(C(=O)NCc2ccccc2-n2cccn2)C2(CCCCC2)O1. The highest BCUT2D eigenvalue weighted by Crippen LogP contribution is 2.44. The van der Waals surface area contributed by atoms with Crippen LogP contribution < -0.4 is 5.32 Å². The van der Waals surface area contributed by atoms with Gasteiger partial charge >= 0.3 is 5.97 Å². The van der Waals surface area contributed by atoms with Crippen LogP contribution in [-0.2, 0) is 20.9 Å². The lowest BCUT2D eigenvalue weighted by atomic mass is 9.75. The quantitative estimate of drug-likeness (QED) is 0.858. The smallest absolute Gasteiger partial charge is 0.307 e. The summed E-state index contributed by atoms with van der Waals surface area (Å²) in [7, 11) is 0. The second kappa shape index (κ2) is 6.94. The molecule has 1 aromatic carbocycles. The summed E-state index contributed by atoms with van der Waals surface area (Å²) in [5.74, 6) is -0.718. The number of nitrogens with zero attached hydrogens (tertiary/aromatic N) is 2. The number of nitrogens with one attached hydrogen (secondary N) is 1. The standard InChI is InChI=1S/C20H23N3O3/c24-18-13-16(20(26-18)9-4-1-5-10-20)19(25)21-14-15-7-2-3-8-17(15)23-12-6-11-22-23/h2-3,6-8,11-12,16H,1,4-5,9-10,13-14H2,(H,21,25). The van der Waals surface area contributed by atoms with Crippen LogP contribution in [0.25, 0.3) is 5.69 Å². The third kappa shape index (κ3) is 3.11. The molecule has 6 nitrogen and oxygen atoms in total. The van der Waals surface area contributed by atoms with Gasteiger partial charge in [-0.05, 0) is 43.4 Å². The molecule has 4 rings (SSSR count). The molecular weight excluding hydrogens is 330 g/mol. The van der Waals surface area contributed by atoms with Crippen molar-refractivity contribution in [3.8, 4) is 5.69 Å². The maximum Gasteiger partial charge on any atom is 0.307 e. The maximum atomic E-state index is 12.9. The Hall–Kier alpha value is -2.63. The Balaban J connectivity index is 1.48. The van der Waals surface area contributed by atoms with Crippen molar-refractivity contribution in [2.75, 3.05) is 0 Å². The van der Waals surface area contributed by atoms with Crippen LogP contribution in [0.1, 0.15) is 44.1 Å². The summed E-state index contributed by atoms with van der Waals surface area (Å²) in [5.41, 5.74) is 1.33. The highest BCUT2D eigenvalue weighted by atomic mass is 16.6. The average Bonchev–Trinajstić information content (AvgIpc) is 3.29. The Morgan fingerprint density at radius 1 is 1.23 bits per heavy atom. The number of hydrogen-bond donors (Lipinski definition) is 1. The molecule has 2 fully saturated rings. The van der Waals surface area contributed by atoms with E-state index in [1.807, 2.05) is 36.5 Å². The Labute approximate surface area is 152 Å². The fourth-order valence-electron chi connectivity index (χ4n) is 4.23. The number of benzene rings is 1. The molecule has 0 bridgehead atoms. The molecule has 0 radical (unpaired) electrons. The van der Waals surface area contributed by atoms with E-state index in [4.69, 9.17) is 4.74 Å². The van der Waals surface area contributed by atoms with Crippen molar-refractivity contribution in [3.05, 3.63) is 48.3 Å². The molecule has 6 heteroatoms. The third-order valence-corrected chi connectivity index (χ3v) is 5.54. The second-order valence-electron chi connectivity index (χ2n) is 7.15. The molecule has 1 atom stereocenters. The minimum Gasteiger partial charge on any atom is -0.458 e. The fourth-order valence-corrected chi connectivity index (χ4v) is 4.23. The highest BCUT2D eigenvalue weighted by Gasteiger charge is 2.52. The first-order chi connectivity index (χ1) is 12.7. The van der Waals surface area contributed by atoms with Crippen LogP contribution in [0, 0.1) is 5.92 Å². The van der Waals surface area contributed by atoms with Gasteiger partial charge in [0.05, 0.1) is 18.0 Å². The molecule has 2 aliphatic rings. The molecule has 1 aliphatic heterocycles. The van der Waals surface area contributed by atoms with E-state index in [2.05, 4.69) is 10.4 Å². The lowest BCUT2D eigenvalue weighted by Gasteiger charge is -2.36. The number of ether oxygens (including phenoxy) is 1. The summed E-state index contributed by atoms with van der Waals surface area (Å²) in [4.78, 5) is 24.8. The van der Waals surface area contributed by atoms with Crippen LogP contribution in [0.2, 0.25) is 0 Å². The van der Waals surface area contributed by atoms with Gasteiger partial charge in [-0.25, -0.2) is 4.68 Å². The summed E-state index contributed by atoms with van der Waals surface area (Å²) in [5, 5.41) is 7.29. The Morgan fingerprint density at radius 3 is 2.81 bits per heavy atom. The van der Waals surface area contributed by atoms with Crippen molar-refractivity contribution in [3.63, 3.8) is 0 Å². The van der Waals surface area contributed by atoms with Crippen molar-refractivity contribution in [1.82, 2.24) is 15.1 Å². The molecule has 2 heterocycles. The number of hydrogen-bond acceptors (Lipinski definition) is 4. The fraction of sp³-hybridized carbons (Fsp3) is 0.450. The van der Waals surface area contributed by atoms with Crippen molar-refractivity contribution < 1.29 is 14.3 Å². The lowest BCUT2D eigenvalue weighted by molar-refractivity contribution is -0.153. The zero-order chi connectivity index (χ0) is 18.0. The number of rotatable bonds is 4. The van der Waals surface area contributed by atoms with E-state index in [-0.39, 0.29) is 24.2 Å². The van der Waals surface area contributed by atoms with Crippen LogP contribution in [-0.4, -0.2) is 27.3 Å². The van der Waals surface area contributed by atoms with Crippen molar-refractivity contribution in [2.45, 2.75) is 50.7 Å². The zero-order valence-corrected chi connectivity index (χ0v) is 14.7. The van der Waals surface area contributed by atoms with Gasteiger partial charge in [0.15, 0.2) is 0 Å². The van der Waals surface area contributed by atoms with Gasteiger partial charge in [-0.15, -0.1) is 0 Å². The summed E-state index contributed by atoms with van der Waals surface area (Å²) >= 11 is 0. The van der Waals surface area contributed by atoms with Crippen LogP contribution in [0.3, 0.4) is 0 Å². The first kappa shape index (κ1) is 16.8. The molecule has 1 saturated heterocycles. The van der Waals surface area contributed by atoms with Crippen LogP contribution in [0.4, 0.5) is 0 Å². The van der Waals surface area contributed by atoms with Crippen LogP contribution in [0.15, 0.2) is 42.7 Å². The molecule has 1 saturated carbocycles. The van der Waals surface area contributed by atoms with E-state index in [0.717, 1.165) is 43.4 Å². The Bertz CT molecular complexity index is 794. The molecule has 1 aliphatic carbocycles. The summed E-state index contributed by atoms with van der Waals surface area (Å²) in [6.45, 7) is 0.398. The van der Waals surface area contributed by atoms with E-state index < -0.39 is 5.60 Å². The monoisotopic (exact) mass is 353 g/mol. The molecular formula is C20H23N3O3. The van der Waals surface area contributed by atoms with Crippen molar-refractivity contribution in [2.24, 2.45) is 5.92 Å². The van der Waals surface area contributed by atoms with E-state index in [9.17, 15) is 9.59 Å². The van der Waals surface area contributed by atoms with Gasteiger partial charge in [-0.3, -0.25) is 9.59 Å². The maximum absolute atomic E-state index is 12.9. The average molecular weight is 353 g/mol. The highest BCUT2D eigenvalue weighted by molar-refractivity contribution is 5.87. The van der Waals surface area contributed by atoms with Gasteiger partial charge in [0, 0.05) is 18.9 Å². The Morgan fingerprint density at radius 2 is 2.04 bits per heavy atom. The number of carbonyl (C=O) groups is 2. The lowest BCUT2D eigenvalue weighted by Crippen LogP contribution is -2.45. The minimum absolute atomic E-state index is 0.0898. The van der Waals surface area contributed by atoms with Gasteiger partial charge in [0.2, 0.25) is 5.91 Å². The predicted molar refractivity (Wildman–Crippen MR) is 95.4 cm³/mol. The number of aromatic nitrogens is 2. The van der Waals surface area contributed by atoms with Crippen LogP contribution >= 0.6 is 0 Å². The molecule has 1 aromatic heterocycles. The molecule has 2 aromatic rings. The van der Waals surface area contributed by atoms with Crippen LogP contribution in [0.5, 0.6) is 0 Å². The van der Waals surface area contributed by atoms with E-state index in [0.29, 0.717) is 6.54 Å². The summed E-state index contributed by atoms with van der Waals surface area (Å²) in [6.07, 6.45) is 8.54. The van der Waals surface area contributed by atoms with E-state index >= 15 is 0 Å². The first-order valence-electron chi connectivity index (χ1n) is 9.25. The molecule has 1 unspecified atom stereocenters. The predicted octanol–water partition coefficient (Wildman–Crippen LogP) is 2.75. The largest absolute Gasteiger partial charge is 0.458 e. The normalized spacial score (nSPS) is 21.5. The molecule has 1 amide bonds. The van der Waals surface area contributed by atoms with Gasteiger partial charge in [0.25, 0.3) is 0 Å². The van der Waals surface area contributed by atoms with Crippen molar-refractivity contribution >= 4 is 11.9 Å². The number of amides is 1. The first-order valence-corrected chi connectivity index (χ1v) is 9.25. The number of esters is 1. The number of carbonyl (C=O) groups excluding carboxylic acids is 2. The van der Waals surface area contributed by atoms with Gasteiger partial charge in [-0.1, -0.05) is 24.6 Å². The van der Waals surface area contributed by atoms with Gasteiger partial charge < -0.3 is 10.1 Å². The van der Waals surface area contributed by atoms with Gasteiger partial charge in [-0.2, -0.15) is 5.10 Å². The second-order valence-corrected chi connectivity index (χ2v) is 7.15.